The predicted octanol–water partition coefficient (Wildman–Crippen LogP) is 3.17. The van der Waals surface area contributed by atoms with E-state index in [2.05, 4.69) is 10.4 Å². The first-order valence-corrected chi connectivity index (χ1v) is 6.94. The highest BCUT2D eigenvalue weighted by molar-refractivity contribution is 5.99. The summed E-state index contributed by atoms with van der Waals surface area (Å²) in [7, 11) is 0. The lowest BCUT2D eigenvalue weighted by Gasteiger charge is -2.09. The first kappa shape index (κ1) is 12.8. The van der Waals surface area contributed by atoms with Gasteiger partial charge in [-0.1, -0.05) is 18.2 Å². The molecule has 22 heavy (non-hydrogen) atoms. The summed E-state index contributed by atoms with van der Waals surface area (Å²) >= 11 is 0. The van der Waals surface area contributed by atoms with Crippen LogP contribution in [0.5, 0.6) is 0 Å². The number of carbonyl (C=O) groups is 1. The second-order valence-electron chi connectivity index (χ2n) is 5.18. The molecule has 2 heterocycles. The lowest BCUT2D eigenvalue weighted by Crippen LogP contribution is -2.03. The zero-order valence-corrected chi connectivity index (χ0v) is 11.6. The van der Waals surface area contributed by atoms with Crippen LogP contribution >= 0.6 is 0 Å². The molecule has 1 N–H and O–H groups in total. The molecule has 0 unspecified atom stereocenters. The summed E-state index contributed by atoms with van der Waals surface area (Å²) in [4.78, 5) is 11.5. The van der Waals surface area contributed by atoms with E-state index < -0.39 is 0 Å². The molecule has 2 aromatic carbocycles. The molecular formula is C17H12FN3O. The highest BCUT2D eigenvalue weighted by Crippen LogP contribution is 2.30. The van der Waals surface area contributed by atoms with Crippen LogP contribution in [0.4, 0.5) is 10.1 Å². The van der Waals surface area contributed by atoms with E-state index in [0.717, 1.165) is 22.5 Å². The molecule has 0 radical (unpaired) electrons. The van der Waals surface area contributed by atoms with Gasteiger partial charge in [-0.05, 0) is 35.9 Å². The minimum absolute atomic E-state index is 0.00485. The smallest absolute Gasteiger partial charge is 0.228 e. The summed E-state index contributed by atoms with van der Waals surface area (Å²) < 4.78 is 15.6. The van der Waals surface area contributed by atoms with E-state index in [1.807, 2.05) is 24.3 Å². The van der Waals surface area contributed by atoms with Crippen LogP contribution in [0.1, 0.15) is 5.56 Å². The maximum Gasteiger partial charge on any atom is 0.228 e. The van der Waals surface area contributed by atoms with Crippen molar-refractivity contribution in [3.8, 4) is 16.9 Å². The van der Waals surface area contributed by atoms with Crippen LogP contribution in [0, 0.1) is 5.82 Å². The molecule has 5 heteroatoms. The van der Waals surface area contributed by atoms with Crippen LogP contribution in [0.2, 0.25) is 0 Å². The molecule has 1 aliphatic rings. The van der Waals surface area contributed by atoms with Crippen molar-refractivity contribution in [1.82, 2.24) is 9.78 Å². The van der Waals surface area contributed by atoms with Gasteiger partial charge < -0.3 is 5.32 Å². The largest absolute Gasteiger partial charge is 0.326 e. The predicted molar refractivity (Wildman–Crippen MR) is 81.3 cm³/mol. The van der Waals surface area contributed by atoms with Crippen LogP contribution < -0.4 is 5.32 Å². The van der Waals surface area contributed by atoms with E-state index in [1.54, 1.807) is 29.1 Å². The Kier molecular flexibility index (Phi) is 2.79. The van der Waals surface area contributed by atoms with Crippen LogP contribution in [0.25, 0.3) is 16.9 Å². The van der Waals surface area contributed by atoms with E-state index in [-0.39, 0.29) is 11.7 Å². The van der Waals surface area contributed by atoms with Gasteiger partial charge in [-0.2, -0.15) is 5.10 Å². The fraction of sp³-hybridized carbons (Fsp3) is 0.0588. The second-order valence-corrected chi connectivity index (χ2v) is 5.18. The number of fused-ring (bicyclic) bond motifs is 1. The highest BCUT2D eigenvalue weighted by atomic mass is 19.1. The van der Waals surface area contributed by atoms with Crippen molar-refractivity contribution >= 4 is 11.6 Å². The summed E-state index contributed by atoms with van der Waals surface area (Å²) in [6, 6.07) is 14.1. The van der Waals surface area contributed by atoms with Crippen LogP contribution in [-0.2, 0) is 11.2 Å². The third-order valence-electron chi connectivity index (χ3n) is 3.75. The van der Waals surface area contributed by atoms with Crippen LogP contribution in [0.15, 0.2) is 54.7 Å². The number of halogens is 1. The molecule has 0 bridgehead atoms. The number of benzene rings is 2. The van der Waals surface area contributed by atoms with E-state index >= 15 is 0 Å². The molecule has 1 aromatic heterocycles. The number of hydrogen-bond acceptors (Lipinski definition) is 2. The van der Waals surface area contributed by atoms with Crippen molar-refractivity contribution in [2.24, 2.45) is 0 Å². The summed E-state index contributed by atoms with van der Waals surface area (Å²) in [5.74, 6) is -0.333. The van der Waals surface area contributed by atoms with Crippen LogP contribution in [-0.4, -0.2) is 15.7 Å². The van der Waals surface area contributed by atoms with Gasteiger partial charge in [0, 0.05) is 11.3 Å². The van der Waals surface area contributed by atoms with Gasteiger partial charge in [0.05, 0.1) is 18.3 Å². The average molecular weight is 293 g/mol. The Balaban J connectivity index is 1.83. The molecule has 4 nitrogen and oxygen atoms in total. The Labute approximate surface area is 126 Å². The number of carbonyl (C=O) groups excluding carboxylic acids is 1. The van der Waals surface area contributed by atoms with Crippen molar-refractivity contribution in [3.63, 3.8) is 0 Å². The number of aromatic nitrogens is 2. The lowest BCUT2D eigenvalue weighted by atomic mass is 10.1. The first-order chi connectivity index (χ1) is 10.7. The quantitative estimate of drug-likeness (QED) is 0.789. The van der Waals surface area contributed by atoms with Gasteiger partial charge in [0.2, 0.25) is 5.91 Å². The number of hydrogen-bond donors (Lipinski definition) is 1. The van der Waals surface area contributed by atoms with Gasteiger partial charge in [-0.3, -0.25) is 4.79 Å². The van der Waals surface area contributed by atoms with Crippen LogP contribution in [0.3, 0.4) is 0 Å². The molecule has 1 amide bonds. The minimum atomic E-state index is -0.328. The van der Waals surface area contributed by atoms with Gasteiger partial charge in [-0.25, -0.2) is 9.07 Å². The van der Waals surface area contributed by atoms with E-state index in [0.29, 0.717) is 12.1 Å². The SMILES string of the molecule is O=C1Cc2cc(-c3ccnn3-c3ccccc3F)ccc2N1. The Morgan fingerprint density at radius 3 is 2.86 bits per heavy atom. The molecule has 0 spiro atoms. The van der Waals surface area contributed by atoms with Crippen molar-refractivity contribution in [2.75, 3.05) is 5.32 Å². The molecule has 3 aromatic rings. The molecular weight excluding hydrogens is 281 g/mol. The zero-order chi connectivity index (χ0) is 15.1. The number of rotatable bonds is 2. The third kappa shape index (κ3) is 1.98. The maximum atomic E-state index is 14.0. The number of amides is 1. The zero-order valence-electron chi connectivity index (χ0n) is 11.6. The van der Waals surface area contributed by atoms with Gasteiger partial charge in [0.15, 0.2) is 0 Å². The molecule has 4 rings (SSSR count). The summed E-state index contributed by atoms with van der Waals surface area (Å²) in [5, 5.41) is 7.03. The number of nitrogens with zero attached hydrogens (tertiary/aromatic N) is 2. The highest BCUT2D eigenvalue weighted by Gasteiger charge is 2.19. The number of para-hydroxylation sites is 1. The van der Waals surface area contributed by atoms with Gasteiger partial charge in [0.25, 0.3) is 0 Å². The Morgan fingerprint density at radius 1 is 1.14 bits per heavy atom. The summed E-state index contributed by atoms with van der Waals surface area (Å²) in [5.41, 5.74) is 3.87. The van der Waals surface area contributed by atoms with Gasteiger partial charge in [0.1, 0.15) is 11.5 Å². The Bertz CT molecular complexity index is 885. The fourth-order valence-electron chi connectivity index (χ4n) is 2.73. The van der Waals surface area contributed by atoms with E-state index in [1.165, 1.54) is 6.07 Å². The fourth-order valence-corrected chi connectivity index (χ4v) is 2.73. The molecule has 108 valence electrons. The molecule has 0 atom stereocenters. The van der Waals surface area contributed by atoms with Crippen molar-refractivity contribution in [3.05, 3.63) is 66.1 Å². The topological polar surface area (TPSA) is 46.9 Å². The summed E-state index contributed by atoms with van der Waals surface area (Å²) in [6.07, 6.45) is 2.01. The molecule has 0 saturated carbocycles. The Morgan fingerprint density at radius 2 is 2.00 bits per heavy atom. The first-order valence-electron chi connectivity index (χ1n) is 6.94. The maximum absolute atomic E-state index is 14.0. The van der Waals surface area contributed by atoms with Crippen molar-refractivity contribution in [2.45, 2.75) is 6.42 Å². The lowest BCUT2D eigenvalue weighted by molar-refractivity contribution is -0.115. The minimum Gasteiger partial charge on any atom is -0.326 e. The van der Waals surface area contributed by atoms with Crippen molar-refractivity contribution < 1.29 is 9.18 Å². The Hall–Kier alpha value is -2.95. The average Bonchev–Trinajstić information content (AvgIpc) is 3.12. The molecule has 0 fully saturated rings. The van der Waals surface area contributed by atoms with E-state index in [9.17, 15) is 9.18 Å². The third-order valence-corrected chi connectivity index (χ3v) is 3.75. The van der Waals surface area contributed by atoms with Crippen molar-refractivity contribution in [1.29, 1.82) is 0 Å². The van der Waals surface area contributed by atoms with Gasteiger partial charge in [-0.15, -0.1) is 0 Å². The van der Waals surface area contributed by atoms with Gasteiger partial charge >= 0.3 is 0 Å². The molecule has 0 saturated heterocycles. The number of nitrogens with one attached hydrogen (secondary N) is 1. The molecule has 0 aliphatic carbocycles. The molecule has 1 aliphatic heterocycles. The summed E-state index contributed by atoms with van der Waals surface area (Å²) in [6.45, 7) is 0. The van der Waals surface area contributed by atoms with E-state index in [4.69, 9.17) is 0 Å². The normalized spacial score (nSPS) is 13.0. The number of anilines is 1. The second kappa shape index (κ2) is 4.80. The standard InChI is InChI=1S/C17H12FN3O/c18-13-3-1-2-4-16(13)21-15(7-8-19-21)11-5-6-14-12(9-11)10-17(22)20-14/h1-9H,10H2,(H,20,22). The monoisotopic (exact) mass is 293 g/mol.